The van der Waals surface area contributed by atoms with Crippen molar-refractivity contribution in [3.8, 4) is 0 Å². The van der Waals surface area contributed by atoms with E-state index in [1.807, 2.05) is 42.5 Å². The van der Waals surface area contributed by atoms with Crippen LogP contribution in [0.4, 0.5) is 5.69 Å². The van der Waals surface area contributed by atoms with Gasteiger partial charge in [0.05, 0.1) is 0 Å². The highest BCUT2D eigenvalue weighted by Crippen LogP contribution is 2.20. The maximum Gasteiger partial charge on any atom is 0.197 e. The van der Waals surface area contributed by atoms with Gasteiger partial charge in [0, 0.05) is 29.7 Å². The van der Waals surface area contributed by atoms with Crippen LogP contribution in [0.25, 0.3) is 11.1 Å². The lowest BCUT2D eigenvalue weighted by Gasteiger charge is -2.03. The summed E-state index contributed by atoms with van der Waals surface area (Å²) < 4.78 is 5.65. The van der Waals surface area contributed by atoms with Crippen molar-refractivity contribution in [3.63, 3.8) is 0 Å². The van der Waals surface area contributed by atoms with Crippen molar-refractivity contribution < 1.29 is 4.42 Å². The summed E-state index contributed by atoms with van der Waals surface area (Å²) in [5.74, 6) is 0.723. The van der Waals surface area contributed by atoms with Gasteiger partial charge in [-0.2, -0.15) is 0 Å². The molecule has 0 amide bonds. The molecule has 0 aliphatic heterocycles. The quantitative estimate of drug-likeness (QED) is 0.776. The summed E-state index contributed by atoms with van der Waals surface area (Å²) in [7, 11) is 0. The number of rotatable bonds is 4. The predicted molar refractivity (Wildman–Crippen MR) is 77.7 cm³/mol. The van der Waals surface area contributed by atoms with Gasteiger partial charge in [-0.3, -0.25) is 0 Å². The van der Waals surface area contributed by atoms with Crippen LogP contribution in [0.2, 0.25) is 5.02 Å². The van der Waals surface area contributed by atoms with Gasteiger partial charge < -0.3 is 9.73 Å². The molecule has 0 unspecified atom stereocenters. The largest absolute Gasteiger partial charge is 0.441 e. The average molecular weight is 273 g/mol. The molecule has 3 rings (SSSR count). The molecular formula is C15H13ClN2O. The first-order valence-electron chi connectivity index (χ1n) is 6.15. The van der Waals surface area contributed by atoms with Gasteiger partial charge in [-0.1, -0.05) is 29.8 Å². The zero-order valence-electron chi connectivity index (χ0n) is 10.3. The SMILES string of the molecule is Clc1ccc2nc(CCNc3ccccc3)oc2c1. The number of aromatic nitrogens is 1. The van der Waals surface area contributed by atoms with E-state index in [4.69, 9.17) is 16.0 Å². The van der Waals surface area contributed by atoms with Crippen molar-refractivity contribution in [2.24, 2.45) is 0 Å². The standard InChI is InChI=1S/C15H13ClN2O/c16-11-6-7-13-14(10-11)19-15(18-13)8-9-17-12-4-2-1-3-5-12/h1-7,10,17H,8-9H2. The Morgan fingerprint density at radius 3 is 2.79 bits per heavy atom. The zero-order chi connectivity index (χ0) is 13.1. The first kappa shape index (κ1) is 12.1. The van der Waals surface area contributed by atoms with Crippen LogP contribution in [0, 0.1) is 0 Å². The second kappa shape index (κ2) is 5.33. The Bertz CT molecular complexity index is 679. The monoisotopic (exact) mass is 272 g/mol. The number of halogens is 1. The number of hydrogen-bond acceptors (Lipinski definition) is 3. The lowest BCUT2D eigenvalue weighted by atomic mass is 10.3. The third-order valence-electron chi connectivity index (χ3n) is 2.84. The van der Waals surface area contributed by atoms with Crippen molar-refractivity contribution in [2.45, 2.75) is 6.42 Å². The molecule has 19 heavy (non-hydrogen) atoms. The first-order chi connectivity index (χ1) is 9.31. The van der Waals surface area contributed by atoms with Crippen LogP contribution in [0.1, 0.15) is 5.89 Å². The third kappa shape index (κ3) is 2.88. The van der Waals surface area contributed by atoms with Gasteiger partial charge in [0.1, 0.15) is 5.52 Å². The van der Waals surface area contributed by atoms with Gasteiger partial charge in [-0.25, -0.2) is 4.98 Å². The van der Waals surface area contributed by atoms with Crippen LogP contribution in [0.5, 0.6) is 0 Å². The van der Waals surface area contributed by atoms with Gasteiger partial charge in [0.15, 0.2) is 11.5 Å². The molecule has 0 spiro atoms. The average Bonchev–Trinajstić information content (AvgIpc) is 2.82. The highest BCUT2D eigenvalue weighted by Gasteiger charge is 2.05. The molecule has 4 heteroatoms. The van der Waals surface area contributed by atoms with Crippen LogP contribution in [-0.4, -0.2) is 11.5 Å². The van der Waals surface area contributed by atoms with Crippen LogP contribution in [0.15, 0.2) is 52.9 Å². The number of para-hydroxylation sites is 1. The van der Waals surface area contributed by atoms with Gasteiger partial charge in [0.2, 0.25) is 0 Å². The molecule has 0 aliphatic rings. The predicted octanol–water partition coefficient (Wildman–Crippen LogP) is 4.14. The topological polar surface area (TPSA) is 38.1 Å². The fourth-order valence-electron chi connectivity index (χ4n) is 1.92. The smallest absolute Gasteiger partial charge is 0.197 e. The van der Waals surface area contributed by atoms with Crippen molar-refractivity contribution in [3.05, 3.63) is 59.4 Å². The molecule has 1 aromatic heterocycles. The summed E-state index contributed by atoms with van der Waals surface area (Å²) in [6, 6.07) is 15.5. The van der Waals surface area contributed by atoms with E-state index in [2.05, 4.69) is 10.3 Å². The van der Waals surface area contributed by atoms with E-state index in [1.54, 1.807) is 6.07 Å². The van der Waals surface area contributed by atoms with Gasteiger partial charge >= 0.3 is 0 Å². The fraction of sp³-hybridized carbons (Fsp3) is 0.133. The van der Waals surface area contributed by atoms with Crippen LogP contribution in [-0.2, 0) is 6.42 Å². The number of nitrogens with one attached hydrogen (secondary N) is 1. The molecule has 0 saturated heterocycles. The molecule has 3 nitrogen and oxygen atoms in total. The number of oxazole rings is 1. The number of anilines is 1. The zero-order valence-corrected chi connectivity index (χ0v) is 11.0. The summed E-state index contributed by atoms with van der Waals surface area (Å²) in [6.07, 6.45) is 0.737. The molecule has 2 aromatic carbocycles. The molecule has 0 aliphatic carbocycles. The Morgan fingerprint density at radius 2 is 1.95 bits per heavy atom. The first-order valence-corrected chi connectivity index (χ1v) is 6.53. The minimum absolute atomic E-state index is 0.664. The van der Waals surface area contributed by atoms with Crippen molar-refractivity contribution in [1.29, 1.82) is 0 Å². The van der Waals surface area contributed by atoms with Gasteiger partial charge in [-0.05, 0) is 24.3 Å². The van der Waals surface area contributed by atoms with Gasteiger partial charge in [0.25, 0.3) is 0 Å². The Hall–Kier alpha value is -2.00. The molecular weight excluding hydrogens is 260 g/mol. The molecule has 96 valence electrons. The Kier molecular flexibility index (Phi) is 3.38. The molecule has 0 saturated carbocycles. The minimum Gasteiger partial charge on any atom is -0.441 e. The summed E-state index contributed by atoms with van der Waals surface area (Å²) in [6.45, 7) is 0.782. The van der Waals surface area contributed by atoms with Crippen LogP contribution >= 0.6 is 11.6 Å². The van der Waals surface area contributed by atoms with E-state index in [-0.39, 0.29) is 0 Å². The third-order valence-corrected chi connectivity index (χ3v) is 3.07. The van der Waals surface area contributed by atoms with E-state index >= 15 is 0 Å². The molecule has 0 fully saturated rings. The number of benzene rings is 2. The number of nitrogens with zero attached hydrogens (tertiary/aromatic N) is 1. The van der Waals surface area contributed by atoms with Crippen molar-refractivity contribution in [1.82, 2.24) is 4.98 Å². The highest BCUT2D eigenvalue weighted by atomic mass is 35.5. The van der Waals surface area contributed by atoms with E-state index < -0.39 is 0 Å². The van der Waals surface area contributed by atoms with Gasteiger partial charge in [-0.15, -0.1) is 0 Å². The van der Waals surface area contributed by atoms with Crippen molar-refractivity contribution in [2.75, 3.05) is 11.9 Å². The molecule has 0 radical (unpaired) electrons. The highest BCUT2D eigenvalue weighted by molar-refractivity contribution is 6.31. The Balaban J connectivity index is 1.65. The Morgan fingerprint density at radius 1 is 1.11 bits per heavy atom. The lowest BCUT2D eigenvalue weighted by molar-refractivity contribution is 0.534. The fourth-order valence-corrected chi connectivity index (χ4v) is 2.08. The number of hydrogen-bond donors (Lipinski definition) is 1. The van der Waals surface area contributed by atoms with Crippen molar-refractivity contribution >= 4 is 28.4 Å². The van der Waals surface area contributed by atoms with E-state index in [0.717, 1.165) is 35.6 Å². The lowest BCUT2D eigenvalue weighted by Crippen LogP contribution is -2.04. The second-order valence-electron chi connectivity index (χ2n) is 4.26. The van der Waals surface area contributed by atoms with E-state index in [9.17, 15) is 0 Å². The second-order valence-corrected chi connectivity index (χ2v) is 4.70. The molecule has 3 aromatic rings. The summed E-state index contributed by atoms with van der Waals surface area (Å²) >= 11 is 5.91. The summed E-state index contributed by atoms with van der Waals surface area (Å²) in [4.78, 5) is 4.42. The maximum absolute atomic E-state index is 5.91. The normalized spacial score (nSPS) is 10.8. The van der Waals surface area contributed by atoms with E-state index in [1.165, 1.54) is 0 Å². The van der Waals surface area contributed by atoms with Crippen LogP contribution in [0.3, 0.4) is 0 Å². The minimum atomic E-state index is 0.664. The Labute approximate surface area is 116 Å². The molecule has 1 N–H and O–H groups in total. The number of fused-ring (bicyclic) bond motifs is 1. The summed E-state index contributed by atoms with van der Waals surface area (Å²) in [5.41, 5.74) is 2.68. The molecule has 1 heterocycles. The summed E-state index contributed by atoms with van der Waals surface area (Å²) in [5, 5.41) is 3.99. The van der Waals surface area contributed by atoms with E-state index in [0.29, 0.717) is 5.02 Å². The van der Waals surface area contributed by atoms with Crippen LogP contribution < -0.4 is 5.32 Å². The maximum atomic E-state index is 5.91. The molecule has 0 atom stereocenters. The molecule has 0 bridgehead atoms.